The largest absolute Gasteiger partial charge is 0.392 e. The third kappa shape index (κ3) is 7.53. The Balaban J connectivity index is 1.84. The summed E-state index contributed by atoms with van der Waals surface area (Å²) in [6.07, 6.45) is 2.07. The summed E-state index contributed by atoms with van der Waals surface area (Å²) in [5.41, 5.74) is 3.33. The first-order valence-electron chi connectivity index (χ1n) is 13.7. The molecule has 2 aromatic carbocycles. The molecule has 0 aliphatic rings. The number of anilines is 1. The van der Waals surface area contributed by atoms with Crippen molar-refractivity contribution in [2.24, 2.45) is 5.92 Å². The summed E-state index contributed by atoms with van der Waals surface area (Å²) in [5, 5.41) is 16.9. The minimum Gasteiger partial charge on any atom is -0.392 e. The van der Waals surface area contributed by atoms with Crippen LogP contribution in [-0.2, 0) is 32.8 Å². The molecule has 3 rings (SSSR count). The Bertz CT molecular complexity index is 1480. The lowest BCUT2D eigenvalue weighted by Gasteiger charge is -2.30. The molecule has 0 saturated heterocycles. The molecule has 0 aliphatic carbocycles. The first-order chi connectivity index (χ1) is 19.4. The van der Waals surface area contributed by atoms with Crippen LogP contribution in [0.2, 0.25) is 0 Å². The topological polar surface area (TPSA) is 142 Å². The van der Waals surface area contributed by atoms with Gasteiger partial charge >= 0.3 is 0 Å². The molecule has 1 atom stereocenters. The molecule has 0 saturated carbocycles. The van der Waals surface area contributed by atoms with E-state index in [2.05, 4.69) is 15.2 Å². The van der Waals surface area contributed by atoms with Crippen LogP contribution in [0.3, 0.4) is 0 Å². The van der Waals surface area contributed by atoms with Gasteiger partial charge in [-0.25, -0.2) is 13.1 Å². The maximum atomic E-state index is 13.3. The van der Waals surface area contributed by atoms with Gasteiger partial charge in [0.15, 0.2) is 0 Å². The van der Waals surface area contributed by atoms with Crippen molar-refractivity contribution in [1.82, 2.24) is 15.4 Å². The van der Waals surface area contributed by atoms with E-state index >= 15 is 0 Å². The summed E-state index contributed by atoms with van der Waals surface area (Å²) in [6, 6.07) is 11.1. The van der Waals surface area contributed by atoms with Gasteiger partial charge in [0.05, 0.1) is 17.2 Å². The highest BCUT2D eigenvalue weighted by Gasteiger charge is 2.29. The Hall–Kier alpha value is -3.70. The second-order valence-electron chi connectivity index (χ2n) is 10.5. The number of nitrogens with zero attached hydrogens (tertiary/aromatic N) is 2. The zero-order chi connectivity index (χ0) is 30.3. The maximum Gasteiger partial charge on any atom is 0.264 e. The minimum absolute atomic E-state index is 0.0137. The van der Waals surface area contributed by atoms with Gasteiger partial charge in [0.25, 0.3) is 10.0 Å². The molecule has 10 nitrogen and oxygen atoms in total. The van der Waals surface area contributed by atoms with E-state index < -0.39 is 16.1 Å². The lowest BCUT2D eigenvalue weighted by atomic mass is 9.97. The number of aryl methyl sites for hydroxylation is 1. The molecule has 1 heterocycles. The van der Waals surface area contributed by atoms with E-state index in [1.54, 1.807) is 57.3 Å². The number of hydrogen-bond donors (Lipinski definition) is 3. The van der Waals surface area contributed by atoms with Crippen molar-refractivity contribution in [2.45, 2.75) is 78.0 Å². The van der Waals surface area contributed by atoms with Crippen molar-refractivity contribution in [1.29, 1.82) is 0 Å². The van der Waals surface area contributed by atoms with E-state index in [0.29, 0.717) is 34.4 Å². The molecule has 0 fully saturated rings. The van der Waals surface area contributed by atoms with Crippen LogP contribution in [0.15, 0.2) is 51.9 Å². The molecule has 3 aromatic rings. The highest BCUT2D eigenvalue weighted by molar-refractivity contribution is 7.92. The van der Waals surface area contributed by atoms with Crippen LogP contribution in [-0.4, -0.2) is 48.5 Å². The number of nitrogens with one attached hydrogen (secondary N) is 2. The number of aromatic nitrogens is 1. The number of unbranched alkanes of at least 4 members (excludes halogenated alkanes) is 1. The van der Waals surface area contributed by atoms with Crippen molar-refractivity contribution in [3.63, 3.8) is 0 Å². The molecular weight excluding hydrogens is 544 g/mol. The minimum atomic E-state index is -4.05. The fraction of sp³-hybridized carbons (Fsp3) is 0.433. The number of aliphatic hydroxyl groups excluding tert-OH is 1. The molecule has 11 heteroatoms. The third-order valence-electron chi connectivity index (χ3n) is 7.11. The van der Waals surface area contributed by atoms with Gasteiger partial charge in [-0.2, -0.15) is 0 Å². The number of carbonyl (C=O) groups excluding carboxylic acids is 2. The molecule has 41 heavy (non-hydrogen) atoms. The van der Waals surface area contributed by atoms with Gasteiger partial charge in [-0.1, -0.05) is 68.7 Å². The predicted octanol–water partition coefficient (Wildman–Crippen LogP) is 4.54. The lowest BCUT2D eigenvalue weighted by Crippen LogP contribution is -2.50. The second kappa shape index (κ2) is 13.8. The number of aliphatic hydroxyl groups is 1. The summed E-state index contributed by atoms with van der Waals surface area (Å²) in [7, 11) is -2.39. The average Bonchev–Trinajstić information content (AvgIpc) is 3.26. The smallest absolute Gasteiger partial charge is 0.264 e. The van der Waals surface area contributed by atoms with E-state index in [-0.39, 0.29) is 41.7 Å². The molecule has 0 bridgehead atoms. The van der Waals surface area contributed by atoms with E-state index in [1.165, 1.54) is 11.0 Å². The number of likely N-dealkylation sites (N-methyl/N-ethyl adjacent to an activating group) is 1. The van der Waals surface area contributed by atoms with E-state index in [4.69, 9.17) is 4.52 Å². The quantitative estimate of drug-likeness (QED) is 0.268. The summed E-state index contributed by atoms with van der Waals surface area (Å²) in [5.74, 6) is -0.368. The van der Waals surface area contributed by atoms with Crippen LogP contribution >= 0.6 is 0 Å². The molecule has 2 amide bonds. The number of rotatable bonds is 13. The summed E-state index contributed by atoms with van der Waals surface area (Å²) in [6.45, 7) is 9.08. The molecule has 1 aromatic heterocycles. The van der Waals surface area contributed by atoms with Crippen LogP contribution in [0.5, 0.6) is 0 Å². The molecule has 0 spiro atoms. The van der Waals surface area contributed by atoms with Crippen LogP contribution < -0.4 is 10.0 Å². The van der Waals surface area contributed by atoms with Gasteiger partial charge in [0.2, 0.25) is 17.7 Å². The van der Waals surface area contributed by atoms with Crippen molar-refractivity contribution in [3.8, 4) is 11.1 Å². The highest BCUT2D eigenvalue weighted by atomic mass is 32.2. The Morgan fingerprint density at radius 1 is 1.10 bits per heavy atom. The highest BCUT2D eigenvalue weighted by Crippen LogP contribution is 2.32. The van der Waals surface area contributed by atoms with Gasteiger partial charge in [-0.05, 0) is 48.9 Å². The van der Waals surface area contributed by atoms with Crippen LogP contribution in [0.1, 0.15) is 62.4 Å². The average molecular weight is 585 g/mol. The SMILES string of the molecule is CCCCC(=O)N(C)[C@H](C(=O)NCc1ccc(-c2ccccc2S(=O)(=O)Nc2onc(C)c2C)c(CO)c1)C(C)C. The Labute approximate surface area is 242 Å². The summed E-state index contributed by atoms with van der Waals surface area (Å²) < 4.78 is 34.3. The van der Waals surface area contributed by atoms with Crippen molar-refractivity contribution in [2.75, 3.05) is 11.8 Å². The zero-order valence-corrected chi connectivity index (χ0v) is 25.3. The third-order valence-corrected chi connectivity index (χ3v) is 8.50. The number of carbonyl (C=O) groups is 2. The Kier molecular flexibility index (Phi) is 10.7. The molecular formula is C30H40N4O6S. The second-order valence-corrected chi connectivity index (χ2v) is 12.1. The van der Waals surface area contributed by atoms with E-state index in [9.17, 15) is 23.1 Å². The van der Waals surface area contributed by atoms with Gasteiger partial charge < -0.3 is 19.8 Å². The predicted molar refractivity (Wildman–Crippen MR) is 157 cm³/mol. The van der Waals surface area contributed by atoms with Gasteiger partial charge in [0.1, 0.15) is 6.04 Å². The fourth-order valence-corrected chi connectivity index (χ4v) is 5.91. The maximum absolute atomic E-state index is 13.3. The normalized spacial score (nSPS) is 12.3. The number of benzene rings is 2. The van der Waals surface area contributed by atoms with Gasteiger partial charge in [0, 0.05) is 31.1 Å². The monoisotopic (exact) mass is 584 g/mol. The summed E-state index contributed by atoms with van der Waals surface area (Å²) in [4.78, 5) is 27.2. The summed E-state index contributed by atoms with van der Waals surface area (Å²) >= 11 is 0. The first-order valence-corrected chi connectivity index (χ1v) is 15.2. The molecule has 222 valence electrons. The lowest BCUT2D eigenvalue weighted by molar-refractivity contribution is -0.140. The Morgan fingerprint density at radius 2 is 1.80 bits per heavy atom. The number of amides is 2. The molecule has 0 unspecified atom stereocenters. The van der Waals surface area contributed by atoms with Crippen molar-refractivity contribution >= 4 is 27.7 Å². The van der Waals surface area contributed by atoms with E-state index in [1.807, 2.05) is 20.8 Å². The number of sulfonamides is 1. The Morgan fingerprint density at radius 3 is 2.41 bits per heavy atom. The number of hydrogen-bond acceptors (Lipinski definition) is 7. The first kappa shape index (κ1) is 31.8. The van der Waals surface area contributed by atoms with Crippen LogP contribution in [0.4, 0.5) is 5.88 Å². The van der Waals surface area contributed by atoms with Crippen LogP contribution in [0.25, 0.3) is 11.1 Å². The van der Waals surface area contributed by atoms with E-state index in [0.717, 1.165) is 18.4 Å². The van der Waals surface area contributed by atoms with Crippen LogP contribution in [0, 0.1) is 19.8 Å². The van der Waals surface area contributed by atoms with Crippen molar-refractivity contribution < 1.29 is 27.6 Å². The van der Waals surface area contributed by atoms with Gasteiger partial charge in [-0.3, -0.25) is 9.59 Å². The van der Waals surface area contributed by atoms with Crippen molar-refractivity contribution in [3.05, 3.63) is 64.8 Å². The van der Waals surface area contributed by atoms with Gasteiger partial charge in [-0.15, -0.1) is 0 Å². The molecule has 0 aliphatic heterocycles. The zero-order valence-electron chi connectivity index (χ0n) is 24.5. The standard InChI is InChI=1S/C30H40N4O6S/c1-7-8-13-27(36)34(6)28(19(2)3)29(37)31-17-22-14-15-24(23(16-22)18-35)25-11-9-10-12-26(25)41(38,39)33-30-20(4)21(5)32-40-30/h9-12,14-16,19,28,33,35H,7-8,13,17-18H2,1-6H3,(H,31,37)/t28-/m0/s1. The molecule has 3 N–H and O–H groups in total. The fourth-order valence-electron chi connectivity index (χ4n) is 4.64. The molecule has 0 radical (unpaired) electrons.